The number of benzene rings is 1. The van der Waals surface area contributed by atoms with Crippen molar-refractivity contribution in [2.24, 2.45) is 5.73 Å². The van der Waals surface area contributed by atoms with Crippen molar-refractivity contribution in [1.29, 1.82) is 0 Å². The lowest BCUT2D eigenvalue weighted by atomic mass is 9.91. The van der Waals surface area contributed by atoms with Gasteiger partial charge in [0.25, 0.3) is 0 Å². The van der Waals surface area contributed by atoms with Crippen LogP contribution in [0.2, 0.25) is 0 Å². The van der Waals surface area contributed by atoms with Crippen molar-refractivity contribution in [3.8, 4) is 0 Å². The number of nitrogens with two attached hydrogens (primary N) is 1. The Hall–Kier alpha value is -2.35. The van der Waals surface area contributed by atoms with Crippen LogP contribution in [0.15, 0.2) is 24.3 Å². The maximum Gasteiger partial charge on any atom is 0.245 e. The molecule has 3 rings (SSSR count). The van der Waals surface area contributed by atoms with Gasteiger partial charge >= 0.3 is 0 Å². The van der Waals surface area contributed by atoms with Crippen molar-refractivity contribution in [1.82, 2.24) is 25.5 Å². The van der Waals surface area contributed by atoms with Crippen LogP contribution in [0.25, 0.3) is 0 Å². The predicted octanol–water partition coefficient (Wildman–Crippen LogP) is 1.29. The summed E-state index contributed by atoms with van der Waals surface area (Å²) in [6.07, 6.45) is 3.87. The minimum atomic E-state index is -0.618. The first-order chi connectivity index (χ1) is 12.0. The highest BCUT2D eigenvalue weighted by Gasteiger charge is 2.28. The van der Waals surface area contributed by atoms with Gasteiger partial charge < -0.3 is 11.1 Å². The summed E-state index contributed by atoms with van der Waals surface area (Å²) in [4.78, 5) is 12.9. The summed E-state index contributed by atoms with van der Waals surface area (Å²) in [6, 6.07) is 5.95. The summed E-state index contributed by atoms with van der Waals surface area (Å²) in [5.41, 5.74) is 6.64. The third-order valence-electron chi connectivity index (χ3n) is 4.69. The van der Waals surface area contributed by atoms with E-state index in [1.165, 1.54) is 16.8 Å². The van der Waals surface area contributed by atoms with Gasteiger partial charge in [-0.1, -0.05) is 12.1 Å². The van der Waals surface area contributed by atoms with Gasteiger partial charge in [0.1, 0.15) is 17.7 Å². The van der Waals surface area contributed by atoms with Crippen molar-refractivity contribution in [2.75, 3.05) is 0 Å². The summed E-state index contributed by atoms with van der Waals surface area (Å²) in [7, 11) is 0. The Morgan fingerprint density at radius 1 is 1.40 bits per heavy atom. The third kappa shape index (κ3) is 4.39. The molecule has 134 valence electrons. The first-order valence-electron chi connectivity index (χ1n) is 8.58. The van der Waals surface area contributed by atoms with Gasteiger partial charge in [-0.05, 0) is 60.7 Å². The Kier molecular flexibility index (Phi) is 5.37. The number of carbonyl (C=O) groups is 1. The molecule has 2 aromatic rings. The Morgan fingerprint density at radius 3 is 2.80 bits per heavy atom. The molecule has 0 aliphatic heterocycles. The van der Waals surface area contributed by atoms with Gasteiger partial charge in [0.2, 0.25) is 5.91 Å². The van der Waals surface area contributed by atoms with Crippen molar-refractivity contribution in [3.05, 3.63) is 41.5 Å². The topological polar surface area (TPSA) is 98.7 Å². The van der Waals surface area contributed by atoms with Gasteiger partial charge in [0.05, 0.1) is 0 Å². The highest BCUT2D eigenvalue weighted by Crippen LogP contribution is 2.20. The van der Waals surface area contributed by atoms with Crippen LogP contribution in [0, 0.1) is 12.7 Å². The van der Waals surface area contributed by atoms with Crippen LogP contribution in [-0.2, 0) is 11.2 Å². The maximum absolute atomic E-state index is 13.5. The number of hydrogen-bond acceptors (Lipinski definition) is 5. The fourth-order valence-electron chi connectivity index (χ4n) is 3.26. The Balaban J connectivity index is 1.76. The molecule has 8 heteroatoms. The normalized spacial score (nSPS) is 21.7. The molecule has 3 N–H and O–H groups in total. The molecule has 1 unspecified atom stereocenters. The predicted molar refractivity (Wildman–Crippen MR) is 90.1 cm³/mol. The molecule has 0 bridgehead atoms. The van der Waals surface area contributed by atoms with Crippen molar-refractivity contribution < 1.29 is 9.18 Å². The highest BCUT2D eigenvalue weighted by molar-refractivity contribution is 5.80. The lowest BCUT2D eigenvalue weighted by Crippen LogP contribution is -2.44. The molecule has 1 amide bonds. The minimum absolute atomic E-state index is 0.110. The number of nitrogens with zero attached hydrogens (tertiary/aromatic N) is 4. The van der Waals surface area contributed by atoms with E-state index >= 15 is 0 Å². The van der Waals surface area contributed by atoms with Gasteiger partial charge in [-0.3, -0.25) is 4.79 Å². The van der Waals surface area contributed by atoms with Gasteiger partial charge in [0, 0.05) is 18.5 Å². The van der Waals surface area contributed by atoms with Gasteiger partial charge in [-0.2, -0.15) is 0 Å². The molecule has 0 spiro atoms. The Labute approximate surface area is 145 Å². The average Bonchev–Trinajstić information content (AvgIpc) is 3.00. The fraction of sp³-hybridized carbons (Fsp3) is 0.529. The molecule has 1 atom stereocenters. The quantitative estimate of drug-likeness (QED) is 0.850. The summed E-state index contributed by atoms with van der Waals surface area (Å²) < 4.78 is 15.0. The van der Waals surface area contributed by atoms with Crippen molar-refractivity contribution in [2.45, 2.75) is 57.2 Å². The number of nitrogens with one attached hydrogen (secondary N) is 1. The van der Waals surface area contributed by atoms with E-state index < -0.39 is 6.04 Å². The molecule has 7 nitrogen and oxygen atoms in total. The molecular weight excluding hydrogens is 323 g/mol. The number of amides is 1. The van der Waals surface area contributed by atoms with E-state index in [9.17, 15) is 9.18 Å². The third-order valence-corrected chi connectivity index (χ3v) is 4.69. The van der Waals surface area contributed by atoms with Crippen LogP contribution in [0.3, 0.4) is 0 Å². The van der Waals surface area contributed by atoms with E-state index in [-0.39, 0.29) is 23.8 Å². The Morgan fingerprint density at radius 2 is 2.16 bits per heavy atom. The summed E-state index contributed by atoms with van der Waals surface area (Å²) >= 11 is 0. The first kappa shape index (κ1) is 17.5. The van der Waals surface area contributed by atoms with Crippen LogP contribution < -0.4 is 11.1 Å². The van der Waals surface area contributed by atoms with Gasteiger partial charge in [-0.15, -0.1) is 5.10 Å². The van der Waals surface area contributed by atoms with Crippen molar-refractivity contribution in [3.63, 3.8) is 0 Å². The van der Waals surface area contributed by atoms with Gasteiger partial charge in [-0.25, -0.2) is 9.07 Å². The fourth-order valence-corrected chi connectivity index (χ4v) is 3.26. The second-order valence-corrected chi connectivity index (χ2v) is 6.64. The number of hydrogen-bond donors (Lipinski definition) is 2. The monoisotopic (exact) mass is 346 g/mol. The molecule has 0 radical (unpaired) electrons. The summed E-state index contributed by atoms with van der Waals surface area (Å²) in [5.74, 6) is 0.0636. The number of rotatable bonds is 5. The zero-order valence-corrected chi connectivity index (χ0v) is 14.2. The molecule has 1 aromatic heterocycles. The molecule has 25 heavy (non-hydrogen) atoms. The van der Waals surface area contributed by atoms with Gasteiger partial charge in [0.15, 0.2) is 0 Å². The second-order valence-electron chi connectivity index (χ2n) is 6.64. The Bertz CT molecular complexity index is 725. The summed E-state index contributed by atoms with van der Waals surface area (Å²) in [5, 5.41) is 14.5. The lowest BCUT2D eigenvalue weighted by molar-refractivity contribution is -0.125. The minimum Gasteiger partial charge on any atom is -0.351 e. The standard InChI is InChI=1S/C17H23FN6O/c1-11-21-22-23-24(11)16(10-12-3-2-4-13(18)9-12)17(25)20-15-7-5-14(19)6-8-15/h2-4,9,14-16H,5-8,10,19H2,1H3,(H,20,25). The lowest BCUT2D eigenvalue weighted by Gasteiger charge is -2.28. The van der Waals surface area contributed by atoms with E-state index in [0.29, 0.717) is 12.2 Å². The first-order valence-corrected chi connectivity index (χ1v) is 8.58. The van der Waals surface area contributed by atoms with E-state index in [4.69, 9.17) is 5.73 Å². The molecule has 1 aliphatic carbocycles. The average molecular weight is 346 g/mol. The number of carbonyl (C=O) groups excluding carboxylic acids is 1. The SMILES string of the molecule is Cc1nnnn1C(Cc1cccc(F)c1)C(=O)NC1CCC(N)CC1. The van der Waals surface area contributed by atoms with Crippen LogP contribution >= 0.6 is 0 Å². The van der Waals surface area contributed by atoms with E-state index in [2.05, 4.69) is 20.8 Å². The molecule has 1 aromatic carbocycles. The summed E-state index contributed by atoms with van der Waals surface area (Å²) in [6.45, 7) is 1.74. The molecule has 1 aliphatic rings. The van der Waals surface area contributed by atoms with Crippen LogP contribution in [0.4, 0.5) is 4.39 Å². The van der Waals surface area contributed by atoms with Crippen LogP contribution in [-0.4, -0.2) is 38.2 Å². The molecule has 1 saturated carbocycles. The van der Waals surface area contributed by atoms with Crippen molar-refractivity contribution >= 4 is 5.91 Å². The number of aryl methyl sites for hydroxylation is 1. The molecule has 1 fully saturated rings. The maximum atomic E-state index is 13.5. The zero-order chi connectivity index (χ0) is 17.8. The second kappa shape index (κ2) is 7.69. The number of halogens is 1. The molecule has 0 saturated heterocycles. The number of aromatic nitrogens is 4. The van der Waals surface area contributed by atoms with Crippen LogP contribution in [0.5, 0.6) is 0 Å². The highest BCUT2D eigenvalue weighted by atomic mass is 19.1. The zero-order valence-electron chi connectivity index (χ0n) is 14.2. The number of tetrazole rings is 1. The largest absolute Gasteiger partial charge is 0.351 e. The molecule has 1 heterocycles. The van der Waals surface area contributed by atoms with E-state index in [1.807, 2.05) is 0 Å². The smallest absolute Gasteiger partial charge is 0.245 e. The molecular formula is C17H23FN6O. The van der Waals surface area contributed by atoms with E-state index in [0.717, 1.165) is 31.2 Å². The van der Waals surface area contributed by atoms with E-state index in [1.54, 1.807) is 19.1 Å². The van der Waals surface area contributed by atoms with Crippen LogP contribution in [0.1, 0.15) is 43.1 Å².